The molecule has 2 unspecified atom stereocenters. The molecule has 2 atom stereocenters. The van der Waals surface area contributed by atoms with Crippen LogP contribution in [0.5, 0.6) is 0 Å². The lowest BCUT2D eigenvalue weighted by Gasteiger charge is -2.39. The minimum atomic E-state index is -0.177. The van der Waals surface area contributed by atoms with Gasteiger partial charge in [0.25, 0.3) is 0 Å². The molecule has 3 aromatic rings. The van der Waals surface area contributed by atoms with E-state index in [9.17, 15) is 4.39 Å². The highest BCUT2D eigenvalue weighted by Crippen LogP contribution is 2.44. The van der Waals surface area contributed by atoms with Crippen LogP contribution in [0.4, 0.5) is 4.39 Å². The fourth-order valence-electron chi connectivity index (χ4n) is 5.22. The first kappa shape index (κ1) is 17.7. The highest BCUT2D eigenvalue weighted by Gasteiger charge is 2.36. The van der Waals surface area contributed by atoms with Crippen molar-refractivity contribution in [1.29, 1.82) is 0 Å². The van der Waals surface area contributed by atoms with Crippen molar-refractivity contribution in [3.8, 4) is 0 Å². The van der Waals surface area contributed by atoms with Gasteiger partial charge in [0.05, 0.1) is 6.04 Å². The molecule has 0 saturated heterocycles. The van der Waals surface area contributed by atoms with Gasteiger partial charge in [0.1, 0.15) is 5.82 Å². The third kappa shape index (κ3) is 2.64. The van der Waals surface area contributed by atoms with E-state index in [4.69, 9.17) is 0 Å². The van der Waals surface area contributed by atoms with Gasteiger partial charge in [0, 0.05) is 29.2 Å². The van der Waals surface area contributed by atoms with Crippen LogP contribution < -0.4 is 0 Å². The number of rotatable bonds is 2. The van der Waals surface area contributed by atoms with Crippen LogP contribution in [0.3, 0.4) is 0 Å². The standard InChI is InChI=1S/C25H27FN2/c1-4-20-14-22-21-13-16(2)5-11-23(21)28-15-18(17-6-9-19(26)10-7-17)8-12-24(25(22)28)27(20)3/h5-11,13,20,24H,4,12,14-15H2,1-3H3. The minimum Gasteiger partial charge on any atom is -0.338 e. The first-order chi connectivity index (χ1) is 13.6. The van der Waals surface area contributed by atoms with Crippen molar-refractivity contribution in [2.24, 2.45) is 0 Å². The third-order valence-corrected chi connectivity index (χ3v) is 6.79. The number of aryl methyl sites for hydroxylation is 1. The second-order valence-electron chi connectivity index (χ2n) is 8.39. The highest BCUT2D eigenvalue weighted by molar-refractivity contribution is 5.88. The normalized spacial score (nSPS) is 22.1. The Balaban J connectivity index is 1.72. The number of likely N-dealkylation sites (N-methyl/N-ethyl adjacent to an activating group) is 1. The van der Waals surface area contributed by atoms with Crippen molar-refractivity contribution in [3.05, 3.63) is 76.7 Å². The maximum atomic E-state index is 13.4. The summed E-state index contributed by atoms with van der Waals surface area (Å²) in [6, 6.07) is 14.8. The Kier molecular flexibility index (Phi) is 4.17. The van der Waals surface area contributed by atoms with Crippen LogP contribution in [0.15, 0.2) is 48.5 Å². The fourth-order valence-corrected chi connectivity index (χ4v) is 5.22. The van der Waals surface area contributed by atoms with Crippen LogP contribution in [0.25, 0.3) is 16.5 Å². The highest BCUT2D eigenvalue weighted by atomic mass is 19.1. The Bertz CT molecular complexity index is 1070. The summed E-state index contributed by atoms with van der Waals surface area (Å²) < 4.78 is 16.0. The molecule has 0 radical (unpaired) electrons. The zero-order valence-corrected chi connectivity index (χ0v) is 16.9. The molecule has 0 fully saturated rings. The molecule has 2 nitrogen and oxygen atoms in total. The van der Waals surface area contributed by atoms with Gasteiger partial charge in [-0.1, -0.05) is 36.8 Å². The number of halogens is 1. The molecule has 2 aliphatic heterocycles. The second kappa shape index (κ2) is 6.59. The number of fused-ring (bicyclic) bond motifs is 3. The third-order valence-electron chi connectivity index (χ3n) is 6.79. The van der Waals surface area contributed by atoms with Crippen LogP contribution >= 0.6 is 0 Å². The van der Waals surface area contributed by atoms with E-state index in [1.165, 1.54) is 34.2 Å². The Morgan fingerprint density at radius 2 is 1.89 bits per heavy atom. The molecule has 2 aromatic carbocycles. The van der Waals surface area contributed by atoms with Gasteiger partial charge in [-0.25, -0.2) is 4.39 Å². The smallest absolute Gasteiger partial charge is 0.123 e. The van der Waals surface area contributed by atoms with Crippen molar-refractivity contribution in [3.63, 3.8) is 0 Å². The average molecular weight is 375 g/mol. The summed E-state index contributed by atoms with van der Waals surface area (Å²) in [5, 5.41) is 1.42. The maximum absolute atomic E-state index is 13.4. The van der Waals surface area contributed by atoms with Gasteiger partial charge in [0.15, 0.2) is 0 Å². The van der Waals surface area contributed by atoms with Gasteiger partial charge in [-0.3, -0.25) is 4.90 Å². The summed E-state index contributed by atoms with van der Waals surface area (Å²) in [6.45, 7) is 5.33. The number of aromatic nitrogens is 1. The number of benzene rings is 2. The Labute approximate surface area is 166 Å². The van der Waals surface area contributed by atoms with E-state index >= 15 is 0 Å². The topological polar surface area (TPSA) is 8.17 Å². The molecule has 3 heteroatoms. The molecule has 3 heterocycles. The lowest BCUT2D eigenvalue weighted by molar-refractivity contribution is 0.147. The van der Waals surface area contributed by atoms with E-state index in [1.54, 1.807) is 17.7 Å². The fraction of sp³-hybridized carbons (Fsp3) is 0.360. The van der Waals surface area contributed by atoms with E-state index in [-0.39, 0.29) is 5.82 Å². The molecule has 0 amide bonds. The monoisotopic (exact) mass is 374 g/mol. The largest absolute Gasteiger partial charge is 0.338 e. The molecular weight excluding hydrogens is 347 g/mol. The molecular formula is C25H27FN2. The minimum absolute atomic E-state index is 0.177. The van der Waals surface area contributed by atoms with E-state index in [2.05, 4.69) is 54.6 Å². The lowest BCUT2D eigenvalue weighted by atomic mass is 9.89. The molecule has 28 heavy (non-hydrogen) atoms. The molecule has 1 aromatic heterocycles. The van der Waals surface area contributed by atoms with E-state index < -0.39 is 0 Å². The predicted octanol–water partition coefficient (Wildman–Crippen LogP) is 5.88. The van der Waals surface area contributed by atoms with Crippen molar-refractivity contribution >= 4 is 16.5 Å². The van der Waals surface area contributed by atoms with Crippen LogP contribution in [0.2, 0.25) is 0 Å². The zero-order valence-electron chi connectivity index (χ0n) is 16.9. The first-order valence-electron chi connectivity index (χ1n) is 10.3. The van der Waals surface area contributed by atoms with Crippen molar-refractivity contribution in [1.82, 2.24) is 9.47 Å². The van der Waals surface area contributed by atoms with Gasteiger partial charge in [-0.2, -0.15) is 0 Å². The quantitative estimate of drug-likeness (QED) is 0.543. The average Bonchev–Trinajstić information content (AvgIpc) is 2.85. The summed E-state index contributed by atoms with van der Waals surface area (Å²) >= 11 is 0. The molecule has 0 N–H and O–H groups in total. The Morgan fingerprint density at radius 3 is 2.64 bits per heavy atom. The van der Waals surface area contributed by atoms with Crippen molar-refractivity contribution < 1.29 is 4.39 Å². The Morgan fingerprint density at radius 1 is 1.11 bits per heavy atom. The number of allylic oxidation sites excluding steroid dienone is 1. The van der Waals surface area contributed by atoms with Gasteiger partial charge in [-0.05, 0) is 74.2 Å². The summed E-state index contributed by atoms with van der Waals surface area (Å²) in [4.78, 5) is 2.58. The van der Waals surface area contributed by atoms with Crippen molar-refractivity contribution in [2.75, 3.05) is 7.05 Å². The predicted molar refractivity (Wildman–Crippen MR) is 114 cm³/mol. The molecule has 0 saturated carbocycles. The summed E-state index contributed by atoms with van der Waals surface area (Å²) in [6.07, 6.45) is 5.67. The van der Waals surface area contributed by atoms with Crippen LogP contribution in [0, 0.1) is 12.7 Å². The Hall–Kier alpha value is -2.39. The maximum Gasteiger partial charge on any atom is 0.123 e. The second-order valence-corrected chi connectivity index (χ2v) is 8.39. The first-order valence-corrected chi connectivity index (χ1v) is 10.3. The molecule has 0 spiro atoms. The number of nitrogens with zero attached hydrogens (tertiary/aromatic N) is 2. The molecule has 5 rings (SSSR count). The molecule has 0 aliphatic carbocycles. The molecule has 0 bridgehead atoms. The molecule has 144 valence electrons. The van der Waals surface area contributed by atoms with Gasteiger partial charge in [0.2, 0.25) is 0 Å². The number of hydrogen-bond donors (Lipinski definition) is 0. The SMILES string of the molecule is CCC1Cc2c3n(c4ccc(C)cc24)CC(c2ccc(F)cc2)=CCC3N1C. The molecule has 2 aliphatic rings. The summed E-state index contributed by atoms with van der Waals surface area (Å²) in [7, 11) is 2.28. The van der Waals surface area contributed by atoms with Crippen LogP contribution in [-0.2, 0) is 13.0 Å². The van der Waals surface area contributed by atoms with E-state index in [0.29, 0.717) is 12.1 Å². The van der Waals surface area contributed by atoms with Crippen molar-refractivity contribution in [2.45, 2.75) is 51.7 Å². The lowest BCUT2D eigenvalue weighted by Crippen LogP contribution is -2.41. The van der Waals surface area contributed by atoms with Crippen LogP contribution in [0.1, 0.15) is 48.2 Å². The van der Waals surface area contributed by atoms with Gasteiger partial charge in [-0.15, -0.1) is 0 Å². The van der Waals surface area contributed by atoms with Crippen LogP contribution in [-0.4, -0.2) is 22.6 Å². The number of hydrogen-bond acceptors (Lipinski definition) is 1. The van der Waals surface area contributed by atoms with E-state index in [1.807, 2.05) is 12.1 Å². The summed E-state index contributed by atoms with van der Waals surface area (Å²) in [5.41, 5.74) is 8.10. The van der Waals surface area contributed by atoms with E-state index in [0.717, 1.165) is 24.9 Å². The zero-order chi connectivity index (χ0) is 19.4. The van der Waals surface area contributed by atoms with Gasteiger partial charge >= 0.3 is 0 Å². The summed E-state index contributed by atoms with van der Waals surface area (Å²) in [5.74, 6) is -0.177. The van der Waals surface area contributed by atoms with Gasteiger partial charge < -0.3 is 4.57 Å².